The molecule has 0 radical (unpaired) electrons. The molecule has 0 saturated heterocycles. The van der Waals surface area contributed by atoms with Gasteiger partial charge >= 0.3 is 0 Å². The van der Waals surface area contributed by atoms with Crippen molar-refractivity contribution in [3.05, 3.63) is 35.4 Å². The van der Waals surface area contributed by atoms with Gasteiger partial charge in [0.05, 0.1) is 0 Å². The molecule has 0 fully saturated rings. The summed E-state index contributed by atoms with van der Waals surface area (Å²) >= 11 is 0. The summed E-state index contributed by atoms with van der Waals surface area (Å²) in [6.45, 7) is 4.37. The number of aryl methyl sites for hydroxylation is 1. The SMILES string of the molecule is CC(C)(CN)NC(=O)CC1CCCc2ccccc21.Cl. The Bertz CT molecular complexity index is 460. The summed E-state index contributed by atoms with van der Waals surface area (Å²) in [6, 6.07) is 8.50. The van der Waals surface area contributed by atoms with Crippen molar-refractivity contribution in [3.63, 3.8) is 0 Å². The van der Waals surface area contributed by atoms with Crippen LogP contribution in [0.3, 0.4) is 0 Å². The average Bonchev–Trinajstić information content (AvgIpc) is 2.38. The highest BCUT2D eigenvalue weighted by molar-refractivity contribution is 5.85. The monoisotopic (exact) mass is 296 g/mol. The minimum Gasteiger partial charge on any atom is -0.350 e. The van der Waals surface area contributed by atoms with Gasteiger partial charge in [-0.3, -0.25) is 4.79 Å². The number of carbonyl (C=O) groups is 1. The Labute approximate surface area is 127 Å². The fourth-order valence-electron chi connectivity index (χ4n) is 2.77. The molecule has 0 spiro atoms. The first-order valence-corrected chi connectivity index (χ1v) is 7.11. The summed E-state index contributed by atoms with van der Waals surface area (Å²) in [6.07, 6.45) is 3.99. The van der Waals surface area contributed by atoms with E-state index in [1.807, 2.05) is 13.8 Å². The lowest BCUT2D eigenvalue weighted by molar-refractivity contribution is -0.123. The lowest BCUT2D eigenvalue weighted by atomic mass is 9.81. The standard InChI is InChI=1S/C16H24N2O.ClH/c1-16(2,11-17)18-15(19)10-13-8-5-7-12-6-3-4-9-14(12)13;/h3-4,6,9,13H,5,7-8,10-11,17H2,1-2H3,(H,18,19);1H. The normalized spacial score (nSPS) is 17.9. The van der Waals surface area contributed by atoms with Crippen molar-refractivity contribution in [2.45, 2.75) is 51.0 Å². The number of rotatable bonds is 4. The molecule has 0 aromatic heterocycles. The minimum absolute atomic E-state index is 0. The number of benzene rings is 1. The quantitative estimate of drug-likeness (QED) is 0.897. The molecule has 3 nitrogen and oxygen atoms in total. The third kappa shape index (κ3) is 4.22. The van der Waals surface area contributed by atoms with Crippen LogP contribution in [0.1, 0.15) is 50.2 Å². The number of nitrogens with one attached hydrogen (secondary N) is 1. The van der Waals surface area contributed by atoms with Crippen LogP contribution in [0.4, 0.5) is 0 Å². The van der Waals surface area contributed by atoms with Gasteiger partial charge in [0.15, 0.2) is 0 Å². The first-order valence-electron chi connectivity index (χ1n) is 7.11. The molecule has 1 aromatic rings. The van der Waals surface area contributed by atoms with E-state index >= 15 is 0 Å². The van der Waals surface area contributed by atoms with Gasteiger partial charge in [-0.2, -0.15) is 0 Å². The zero-order valence-corrected chi connectivity index (χ0v) is 13.1. The Balaban J connectivity index is 0.00000200. The van der Waals surface area contributed by atoms with Crippen LogP contribution in [-0.4, -0.2) is 18.0 Å². The van der Waals surface area contributed by atoms with Gasteiger partial charge in [-0.05, 0) is 50.2 Å². The topological polar surface area (TPSA) is 55.1 Å². The molecule has 0 heterocycles. The number of halogens is 1. The van der Waals surface area contributed by atoms with Crippen molar-refractivity contribution >= 4 is 18.3 Å². The van der Waals surface area contributed by atoms with E-state index in [2.05, 4.69) is 29.6 Å². The highest BCUT2D eigenvalue weighted by Gasteiger charge is 2.25. The van der Waals surface area contributed by atoms with Gasteiger partial charge in [0.1, 0.15) is 0 Å². The summed E-state index contributed by atoms with van der Waals surface area (Å²) in [7, 11) is 0. The van der Waals surface area contributed by atoms with E-state index in [0.29, 0.717) is 18.9 Å². The Morgan fingerprint density at radius 3 is 2.80 bits per heavy atom. The highest BCUT2D eigenvalue weighted by atomic mass is 35.5. The van der Waals surface area contributed by atoms with Crippen LogP contribution in [0.2, 0.25) is 0 Å². The van der Waals surface area contributed by atoms with Crippen molar-refractivity contribution in [1.29, 1.82) is 0 Å². The van der Waals surface area contributed by atoms with Crippen LogP contribution < -0.4 is 11.1 Å². The second-order valence-corrected chi connectivity index (χ2v) is 6.13. The maximum absolute atomic E-state index is 12.1. The molecule has 1 aromatic carbocycles. The second kappa shape index (κ2) is 7.09. The zero-order valence-electron chi connectivity index (χ0n) is 12.3. The average molecular weight is 297 g/mol. The predicted molar refractivity (Wildman–Crippen MR) is 85.3 cm³/mol. The van der Waals surface area contributed by atoms with E-state index in [4.69, 9.17) is 5.73 Å². The number of nitrogens with two attached hydrogens (primary N) is 1. The van der Waals surface area contributed by atoms with Crippen LogP contribution in [0.5, 0.6) is 0 Å². The van der Waals surface area contributed by atoms with E-state index in [0.717, 1.165) is 12.8 Å². The molecule has 112 valence electrons. The number of hydrogen-bond acceptors (Lipinski definition) is 2. The molecule has 4 heteroatoms. The van der Waals surface area contributed by atoms with E-state index in [9.17, 15) is 4.79 Å². The summed E-state index contributed by atoms with van der Waals surface area (Å²) < 4.78 is 0. The first-order chi connectivity index (χ1) is 9.02. The Morgan fingerprint density at radius 2 is 2.10 bits per heavy atom. The second-order valence-electron chi connectivity index (χ2n) is 6.13. The van der Waals surface area contributed by atoms with Crippen molar-refractivity contribution in [3.8, 4) is 0 Å². The summed E-state index contributed by atoms with van der Waals surface area (Å²) in [5.41, 5.74) is 8.10. The molecular weight excluding hydrogens is 272 g/mol. The number of carbonyl (C=O) groups excluding carboxylic acids is 1. The molecule has 1 amide bonds. The van der Waals surface area contributed by atoms with Crippen LogP contribution in [0, 0.1) is 0 Å². The zero-order chi connectivity index (χ0) is 13.9. The third-order valence-electron chi connectivity index (χ3n) is 3.91. The van der Waals surface area contributed by atoms with E-state index in [1.165, 1.54) is 17.5 Å². The predicted octanol–water partition coefficient (Wildman–Crippen LogP) is 2.77. The van der Waals surface area contributed by atoms with E-state index < -0.39 is 0 Å². The third-order valence-corrected chi connectivity index (χ3v) is 3.91. The number of fused-ring (bicyclic) bond motifs is 1. The van der Waals surface area contributed by atoms with Crippen LogP contribution in [0.15, 0.2) is 24.3 Å². The molecular formula is C16H25ClN2O. The molecule has 1 aliphatic rings. The molecule has 0 aliphatic heterocycles. The van der Waals surface area contributed by atoms with Gasteiger partial charge < -0.3 is 11.1 Å². The van der Waals surface area contributed by atoms with Crippen LogP contribution in [-0.2, 0) is 11.2 Å². The Kier molecular flexibility index (Phi) is 6.03. The van der Waals surface area contributed by atoms with Crippen molar-refractivity contribution in [1.82, 2.24) is 5.32 Å². The minimum atomic E-state index is -0.314. The summed E-state index contributed by atoms with van der Waals surface area (Å²) in [5, 5.41) is 3.02. The highest BCUT2D eigenvalue weighted by Crippen LogP contribution is 2.33. The maximum Gasteiger partial charge on any atom is 0.221 e. The summed E-state index contributed by atoms with van der Waals surface area (Å²) in [4.78, 5) is 12.1. The van der Waals surface area contributed by atoms with Gasteiger partial charge in [-0.1, -0.05) is 24.3 Å². The molecule has 0 saturated carbocycles. The molecule has 0 bridgehead atoms. The smallest absolute Gasteiger partial charge is 0.221 e. The number of hydrogen-bond donors (Lipinski definition) is 2. The Morgan fingerprint density at radius 1 is 1.40 bits per heavy atom. The fourth-order valence-corrected chi connectivity index (χ4v) is 2.77. The maximum atomic E-state index is 12.1. The molecule has 2 rings (SSSR count). The molecule has 20 heavy (non-hydrogen) atoms. The number of amides is 1. The van der Waals surface area contributed by atoms with E-state index in [-0.39, 0.29) is 23.9 Å². The summed E-state index contributed by atoms with van der Waals surface area (Å²) in [5.74, 6) is 0.468. The largest absolute Gasteiger partial charge is 0.350 e. The molecule has 1 atom stereocenters. The van der Waals surface area contributed by atoms with Gasteiger partial charge in [0.2, 0.25) is 5.91 Å². The van der Waals surface area contributed by atoms with Gasteiger partial charge in [0.25, 0.3) is 0 Å². The van der Waals surface area contributed by atoms with Gasteiger partial charge in [-0.25, -0.2) is 0 Å². The van der Waals surface area contributed by atoms with Crippen molar-refractivity contribution in [2.24, 2.45) is 5.73 Å². The molecule has 1 aliphatic carbocycles. The van der Waals surface area contributed by atoms with Crippen LogP contribution in [0.25, 0.3) is 0 Å². The fraction of sp³-hybridized carbons (Fsp3) is 0.562. The molecule has 1 unspecified atom stereocenters. The lowest BCUT2D eigenvalue weighted by Crippen LogP contribution is -2.49. The van der Waals surface area contributed by atoms with Crippen molar-refractivity contribution in [2.75, 3.05) is 6.54 Å². The van der Waals surface area contributed by atoms with Crippen molar-refractivity contribution < 1.29 is 4.79 Å². The van der Waals surface area contributed by atoms with E-state index in [1.54, 1.807) is 0 Å². The first kappa shape index (κ1) is 17.0. The lowest BCUT2D eigenvalue weighted by Gasteiger charge is -2.28. The molecule has 3 N–H and O–H groups in total. The van der Waals surface area contributed by atoms with Gasteiger partial charge in [0, 0.05) is 18.5 Å². The van der Waals surface area contributed by atoms with Crippen LogP contribution >= 0.6 is 12.4 Å². The Hall–Kier alpha value is -1.06. The van der Waals surface area contributed by atoms with Gasteiger partial charge in [-0.15, -0.1) is 12.4 Å².